The Kier molecular flexibility index (Phi) is 8.61. The van der Waals surface area contributed by atoms with Gasteiger partial charge in [-0.3, -0.25) is 5.01 Å². The number of hydrazine groups is 1. The van der Waals surface area contributed by atoms with Gasteiger partial charge in [-0.15, -0.1) is 4.91 Å². The number of fused-ring (bicyclic) bond motifs is 1. The predicted octanol–water partition coefficient (Wildman–Crippen LogP) is 5.06. The summed E-state index contributed by atoms with van der Waals surface area (Å²) in [5, 5.41) is 9.10. The van der Waals surface area contributed by atoms with Crippen LogP contribution in [-0.2, 0) is 17.6 Å². The monoisotopic (exact) mass is 550 g/mol. The molecule has 0 atom stereocenters. The van der Waals surface area contributed by atoms with E-state index in [0.29, 0.717) is 56.5 Å². The summed E-state index contributed by atoms with van der Waals surface area (Å²) in [7, 11) is 1.74. The normalized spacial score (nSPS) is 13.7. The van der Waals surface area contributed by atoms with Crippen LogP contribution in [-0.4, -0.2) is 48.3 Å². The zero-order valence-corrected chi connectivity index (χ0v) is 23.4. The Morgan fingerprint density at radius 3 is 2.56 bits per heavy atom. The first kappa shape index (κ1) is 27.9. The molecule has 41 heavy (non-hydrogen) atoms. The van der Waals surface area contributed by atoms with Crippen molar-refractivity contribution < 1.29 is 4.74 Å². The number of anilines is 3. The van der Waals surface area contributed by atoms with E-state index >= 15 is 0 Å². The number of nitrogens with zero attached hydrogens (tertiary/aromatic N) is 6. The molecule has 5 rings (SSSR count). The van der Waals surface area contributed by atoms with Crippen LogP contribution in [0, 0.1) is 4.91 Å². The van der Waals surface area contributed by atoms with Gasteiger partial charge in [-0.2, -0.15) is 0 Å². The molecule has 10 heteroatoms. The molecular weight excluding hydrogens is 516 g/mol. The van der Waals surface area contributed by atoms with Gasteiger partial charge in [0.1, 0.15) is 11.6 Å². The summed E-state index contributed by atoms with van der Waals surface area (Å²) in [5.74, 6) is 8.18. The van der Waals surface area contributed by atoms with Gasteiger partial charge < -0.3 is 15.0 Å². The van der Waals surface area contributed by atoms with Gasteiger partial charge in [0.15, 0.2) is 5.82 Å². The number of para-hydroxylation sites is 1. The van der Waals surface area contributed by atoms with Gasteiger partial charge in [-0.1, -0.05) is 49.1 Å². The molecule has 1 saturated heterocycles. The van der Waals surface area contributed by atoms with Crippen molar-refractivity contribution in [3.63, 3.8) is 0 Å². The Balaban J connectivity index is 1.37. The first-order chi connectivity index (χ1) is 19.9. The van der Waals surface area contributed by atoms with Crippen LogP contribution in [0.1, 0.15) is 29.6 Å². The van der Waals surface area contributed by atoms with Crippen LogP contribution in [0.15, 0.2) is 84.2 Å². The van der Waals surface area contributed by atoms with E-state index in [1.807, 2.05) is 60.7 Å². The number of nitroso groups, excluding NO2 is 1. The van der Waals surface area contributed by atoms with E-state index < -0.39 is 0 Å². The van der Waals surface area contributed by atoms with Crippen molar-refractivity contribution in [2.45, 2.75) is 19.8 Å². The number of morpholine rings is 1. The molecule has 1 fully saturated rings. The summed E-state index contributed by atoms with van der Waals surface area (Å²) in [6.07, 6.45) is 2.50. The lowest BCUT2D eigenvalue weighted by Crippen LogP contribution is -2.38. The van der Waals surface area contributed by atoms with E-state index in [-0.39, 0.29) is 0 Å². The molecule has 3 N–H and O–H groups in total. The summed E-state index contributed by atoms with van der Waals surface area (Å²) >= 11 is 0. The Labute approximate surface area is 239 Å². The Morgan fingerprint density at radius 1 is 1.10 bits per heavy atom. The van der Waals surface area contributed by atoms with Crippen molar-refractivity contribution in [3.05, 3.63) is 107 Å². The fraction of sp³-hybridized carbons (Fsp3) is 0.258. The first-order valence-electron chi connectivity index (χ1n) is 13.6. The topological polar surface area (TPSA) is 122 Å². The quantitative estimate of drug-likeness (QED) is 0.159. The average molecular weight is 551 g/mol. The van der Waals surface area contributed by atoms with E-state index in [0.717, 1.165) is 44.9 Å². The van der Waals surface area contributed by atoms with E-state index in [4.69, 9.17) is 25.5 Å². The molecule has 2 aromatic heterocycles. The van der Waals surface area contributed by atoms with Gasteiger partial charge >= 0.3 is 0 Å². The maximum atomic E-state index is 11.4. The smallest absolute Gasteiger partial charge is 0.151 e. The molecule has 4 aromatic rings. The summed E-state index contributed by atoms with van der Waals surface area (Å²) < 4.78 is 5.56. The van der Waals surface area contributed by atoms with Gasteiger partial charge in [0.2, 0.25) is 0 Å². The molecule has 10 nitrogen and oxygen atoms in total. The minimum Gasteiger partial charge on any atom is -0.378 e. The first-order valence-corrected chi connectivity index (χ1v) is 13.6. The predicted molar refractivity (Wildman–Crippen MR) is 165 cm³/mol. The average Bonchev–Trinajstić information content (AvgIpc) is 3.01. The van der Waals surface area contributed by atoms with E-state index in [1.54, 1.807) is 20.0 Å². The minimum atomic E-state index is 0.292. The summed E-state index contributed by atoms with van der Waals surface area (Å²) in [5.41, 5.74) is 5.56. The highest BCUT2D eigenvalue weighted by Crippen LogP contribution is 2.30. The fourth-order valence-corrected chi connectivity index (χ4v) is 4.80. The molecule has 2 aromatic carbocycles. The fourth-order valence-electron chi connectivity index (χ4n) is 4.80. The van der Waals surface area contributed by atoms with Gasteiger partial charge in [-0.05, 0) is 41.9 Å². The molecule has 0 aliphatic carbocycles. The van der Waals surface area contributed by atoms with Crippen molar-refractivity contribution in [3.8, 4) is 0 Å². The number of allylic oxidation sites excluding steroid dienone is 2. The highest BCUT2D eigenvalue weighted by molar-refractivity contribution is 5.82. The van der Waals surface area contributed by atoms with Crippen LogP contribution in [0.3, 0.4) is 0 Å². The third-order valence-electron chi connectivity index (χ3n) is 6.98. The third-order valence-corrected chi connectivity index (χ3v) is 6.98. The standard InChI is InChI=1S/C31H34N8O2/c1-4-24(37-40)20-26-30(38(3)32)35-29(36-31(26)39-15-17-41-18-16-39)19-22-9-12-25(13-10-22)33-21(2)27-14-11-23-7-5-6-8-28(23)34-27/h4-14,33H,2,15-20,32H2,1,3H3. The van der Waals surface area contributed by atoms with Crippen LogP contribution >= 0.6 is 0 Å². The lowest BCUT2D eigenvalue weighted by Gasteiger charge is -2.31. The molecule has 0 unspecified atom stereocenters. The van der Waals surface area contributed by atoms with E-state index in [9.17, 15) is 4.91 Å². The van der Waals surface area contributed by atoms with Crippen molar-refractivity contribution >= 4 is 33.9 Å². The molecular formula is C31H34N8O2. The van der Waals surface area contributed by atoms with Crippen molar-refractivity contribution in [2.24, 2.45) is 11.0 Å². The number of rotatable bonds is 10. The molecule has 0 spiro atoms. The summed E-state index contributed by atoms with van der Waals surface area (Å²) in [6.45, 7) is 8.55. The Hall–Kier alpha value is -4.67. The van der Waals surface area contributed by atoms with Crippen LogP contribution in [0.4, 0.5) is 17.3 Å². The number of aromatic nitrogens is 3. The summed E-state index contributed by atoms with van der Waals surface area (Å²) in [6, 6.07) is 20.1. The number of nitrogens with one attached hydrogen (secondary N) is 1. The minimum absolute atomic E-state index is 0.292. The van der Waals surface area contributed by atoms with Gasteiger partial charge in [0, 0.05) is 49.6 Å². The molecule has 0 bridgehead atoms. The second kappa shape index (κ2) is 12.7. The maximum absolute atomic E-state index is 11.4. The molecule has 210 valence electrons. The van der Waals surface area contributed by atoms with Crippen LogP contribution in [0.25, 0.3) is 16.6 Å². The van der Waals surface area contributed by atoms with E-state index in [1.165, 1.54) is 5.01 Å². The SMILES string of the molecule is C=C(Nc1ccc(Cc2nc(N(C)N)c(CC(=CC)N=O)c(N3CCOCC3)n2)cc1)c1ccc2ccccc2n1. The van der Waals surface area contributed by atoms with Crippen LogP contribution in [0.2, 0.25) is 0 Å². The highest BCUT2D eigenvalue weighted by Gasteiger charge is 2.24. The number of hydrogen-bond acceptors (Lipinski definition) is 10. The number of ether oxygens (including phenoxy) is 1. The third kappa shape index (κ3) is 6.56. The maximum Gasteiger partial charge on any atom is 0.151 e. The van der Waals surface area contributed by atoms with Crippen molar-refractivity contribution in [2.75, 3.05) is 48.6 Å². The van der Waals surface area contributed by atoms with Crippen molar-refractivity contribution in [1.29, 1.82) is 0 Å². The van der Waals surface area contributed by atoms with Crippen LogP contribution < -0.4 is 21.1 Å². The van der Waals surface area contributed by atoms with E-state index in [2.05, 4.69) is 22.0 Å². The zero-order chi connectivity index (χ0) is 28.8. The number of hydrogen-bond donors (Lipinski definition) is 2. The molecule has 1 aliphatic rings. The lowest BCUT2D eigenvalue weighted by molar-refractivity contribution is 0.122. The number of nitrogens with two attached hydrogens (primary N) is 1. The van der Waals surface area contributed by atoms with Crippen LogP contribution in [0.5, 0.6) is 0 Å². The molecule has 3 heterocycles. The van der Waals surface area contributed by atoms with Gasteiger partial charge in [-0.25, -0.2) is 20.8 Å². The molecule has 0 saturated carbocycles. The Morgan fingerprint density at radius 2 is 1.85 bits per heavy atom. The molecule has 0 radical (unpaired) electrons. The van der Waals surface area contributed by atoms with Gasteiger partial charge in [0.25, 0.3) is 0 Å². The molecule has 0 amide bonds. The lowest BCUT2D eigenvalue weighted by atomic mass is 10.1. The largest absolute Gasteiger partial charge is 0.378 e. The van der Waals surface area contributed by atoms with Crippen molar-refractivity contribution in [1.82, 2.24) is 15.0 Å². The van der Waals surface area contributed by atoms with Gasteiger partial charge in [0.05, 0.1) is 35.8 Å². The Bertz CT molecular complexity index is 1580. The number of pyridine rings is 1. The zero-order valence-electron chi connectivity index (χ0n) is 23.4. The molecule has 1 aliphatic heterocycles. The second-order valence-corrected chi connectivity index (χ2v) is 9.89. The second-order valence-electron chi connectivity index (χ2n) is 9.89. The number of benzene rings is 2. The summed E-state index contributed by atoms with van der Waals surface area (Å²) in [4.78, 5) is 28.0. The highest BCUT2D eigenvalue weighted by atomic mass is 16.5.